The number of hydrogen-bond donors (Lipinski definition) is 0. The fraction of sp³-hybridized carbons (Fsp3) is 0.500. The molecule has 1 heteroatoms. The molecule has 0 nitrogen and oxygen atoms in total. The van der Waals surface area contributed by atoms with Crippen molar-refractivity contribution in [1.82, 2.24) is 0 Å². The Morgan fingerprint density at radius 3 is 2.22 bits per heavy atom. The first-order valence-electron chi connectivity index (χ1n) is 2.98. The second-order valence-electron chi connectivity index (χ2n) is 2.01. The van der Waals surface area contributed by atoms with Crippen molar-refractivity contribution in [1.29, 1.82) is 0 Å². The van der Waals surface area contributed by atoms with Gasteiger partial charge in [-0.15, -0.1) is 5.92 Å². The first kappa shape index (κ1) is 11.8. The maximum absolute atomic E-state index is 3.13. The molecule has 1 radical (unpaired) electrons. The average Bonchev–Trinajstić information content (AvgIpc) is 1.66. The standard InChI is InChI=1S/C8H13.Ru/c1-4-5-6-7-8(2)3;/h4-6,8H,1-3H3;/q-1;+1. The fourth-order valence-electron chi connectivity index (χ4n) is 0.344. The largest absolute Gasteiger partial charge is 1.00 e. The van der Waals surface area contributed by atoms with E-state index < -0.39 is 0 Å². The van der Waals surface area contributed by atoms with Gasteiger partial charge in [-0.1, -0.05) is 20.8 Å². The van der Waals surface area contributed by atoms with Gasteiger partial charge in [0.05, 0.1) is 0 Å². The Labute approximate surface area is 70.8 Å². The van der Waals surface area contributed by atoms with Crippen molar-refractivity contribution in [3.05, 3.63) is 24.3 Å². The molecule has 0 saturated heterocycles. The van der Waals surface area contributed by atoms with E-state index in [-0.39, 0.29) is 19.5 Å². The Morgan fingerprint density at radius 1 is 1.33 bits per heavy atom. The van der Waals surface area contributed by atoms with Crippen molar-refractivity contribution in [2.24, 2.45) is 5.92 Å². The van der Waals surface area contributed by atoms with Crippen LogP contribution in [0.4, 0.5) is 0 Å². The maximum atomic E-state index is 3.13. The first-order valence-corrected chi connectivity index (χ1v) is 2.98. The van der Waals surface area contributed by atoms with E-state index in [0.29, 0.717) is 5.92 Å². The minimum absolute atomic E-state index is 0. The van der Waals surface area contributed by atoms with E-state index in [2.05, 4.69) is 19.9 Å². The first-order chi connectivity index (χ1) is 3.77. The van der Waals surface area contributed by atoms with Crippen LogP contribution < -0.4 is 0 Å². The molecule has 0 unspecified atom stereocenters. The van der Waals surface area contributed by atoms with Crippen molar-refractivity contribution >= 4 is 0 Å². The van der Waals surface area contributed by atoms with Gasteiger partial charge in [0.15, 0.2) is 0 Å². The zero-order chi connectivity index (χ0) is 6.41. The minimum Gasteiger partial charge on any atom is -0.273 e. The molecule has 53 valence electrons. The summed E-state index contributed by atoms with van der Waals surface area (Å²) in [6, 6.07) is 0. The molecule has 0 aliphatic carbocycles. The van der Waals surface area contributed by atoms with Gasteiger partial charge in [-0.05, 0) is 0 Å². The Hall–Kier alpha value is 0.103. The molecule has 0 aromatic carbocycles. The molecule has 0 aromatic heterocycles. The monoisotopic (exact) mass is 211 g/mol. The summed E-state index contributed by atoms with van der Waals surface area (Å²) >= 11 is 0. The van der Waals surface area contributed by atoms with E-state index in [9.17, 15) is 0 Å². The summed E-state index contributed by atoms with van der Waals surface area (Å²) in [6.45, 7) is 6.22. The zero-order valence-corrected chi connectivity index (χ0v) is 7.90. The molecule has 0 fully saturated rings. The van der Waals surface area contributed by atoms with Crippen molar-refractivity contribution in [3.63, 3.8) is 0 Å². The van der Waals surface area contributed by atoms with Crippen LogP contribution in [0.2, 0.25) is 0 Å². The van der Waals surface area contributed by atoms with E-state index in [1.54, 1.807) is 0 Å². The second kappa shape index (κ2) is 8.10. The molecule has 0 aliphatic rings. The molecule has 0 saturated carbocycles. The Kier molecular flexibility index (Phi) is 10.7. The molecule has 0 heterocycles. The molecule has 0 aromatic rings. The second-order valence-corrected chi connectivity index (χ2v) is 2.01. The van der Waals surface area contributed by atoms with Crippen molar-refractivity contribution in [2.45, 2.75) is 20.8 Å². The summed E-state index contributed by atoms with van der Waals surface area (Å²) in [6.07, 6.45) is 9.07. The number of rotatable bonds is 2. The third kappa shape index (κ3) is 11.6. The number of allylic oxidation sites excluding steroid dienone is 4. The molecule has 0 rings (SSSR count). The predicted molar refractivity (Wildman–Crippen MR) is 37.5 cm³/mol. The van der Waals surface area contributed by atoms with Crippen molar-refractivity contribution in [2.75, 3.05) is 0 Å². The summed E-state index contributed by atoms with van der Waals surface area (Å²) in [5, 5.41) is 0. The van der Waals surface area contributed by atoms with Crippen LogP contribution in [-0.2, 0) is 19.5 Å². The van der Waals surface area contributed by atoms with Crippen LogP contribution in [-0.4, -0.2) is 0 Å². The van der Waals surface area contributed by atoms with Crippen LogP contribution in [0, 0.1) is 12.0 Å². The van der Waals surface area contributed by atoms with Crippen LogP contribution in [0.25, 0.3) is 0 Å². The zero-order valence-electron chi connectivity index (χ0n) is 6.16. The number of hydrogen-bond acceptors (Lipinski definition) is 0. The SMILES string of the molecule is CC=CC=[C-]C(C)C.[Ru+]. The molecule has 0 bridgehead atoms. The molecular weight excluding hydrogens is 197 g/mol. The minimum atomic E-state index is 0. The van der Waals surface area contributed by atoms with Gasteiger partial charge in [0.25, 0.3) is 0 Å². The van der Waals surface area contributed by atoms with Gasteiger partial charge in [-0.2, -0.15) is 6.08 Å². The van der Waals surface area contributed by atoms with Gasteiger partial charge in [0.1, 0.15) is 0 Å². The Bertz CT molecular complexity index is 90.7. The quantitative estimate of drug-likeness (QED) is 0.373. The predicted octanol–water partition coefficient (Wildman–Crippen LogP) is 2.58. The smallest absolute Gasteiger partial charge is 0.273 e. The molecule has 0 atom stereocenters. The van der Waals surface area contributed by atoms with E-state index in [1.165, 1.54) is 0 Å². The van der Waals surface area contributed by atoms with Crippen molar-refractivity contribution < 1.29 is 19.5 Å². The van der Waals surface area contributed by atoms with Crippen LogP contribution in [0.1, 0.15) is 20.8 Å². The summed E-state index contributed by atoms with van der Waals surface area (Å²) in [4.78, 5) is 0. The van der Waals surface area contributed by atoms with Gasteiger partial charge >= 0.3 is 19.5 Å². The van der Waals surface area contributed by atoms with Crippen LogP contribution in [0.15, 0.2) is 18.2 Å². The van der Waals surface area contributed by atoms with E-state index in [0.717, 1.165) is 0 Å². The third-order valence-electron chi connectivity index (χ3n) is 0.718. The summed E-state index contributed by atoms with van der Waals surface area (Å²) in [5.74, 6) is 0.547. The van der Waals surface area contributed by atoms with E-state index in [1.807, 2.05) is 25.2 Å². The fourth-order valence-corrected chi connectivity index (χ4v) is 0.344. The summed E-state index contributed by atoms with van der Waals surface area (Å²) in [5.41, 5.74) is 0. The maximum Gasteiger partial charge on any atom is 1.00 e. The third-order valence-corrected chi connectivity index (χ3v) is 0.718. The molecule has 0 spiro atoms. The van der Waals surface area contributed by atoms with Crippen LogP contribution in [0.5, 0.6) is 0 Å². The van der Waals surface area contributed by atoms with Gasteiger partial charge in [-0.25, -0.2) is 12.2 Å². The molecule has 0 amide bonds. The summed E-state index contributed by atoms with van der Waals surface area (Å²) < 4.78 is 0. The molecule has 0 aliphatic heterocycles. The van der Waals surface area contributed by atoms with Crippen LogP contribution >= 0.6 is 0 Å². The van der Waals surface area contributed by atoms with Gasteiger partial charge < -0.3 is 0 Å². The molecule has 0 N–H and O–H groups in total. The van der Waals surface area contributed by atoms with E-state index in [4.69, 9.17) is 0 Å². The average molecular weight is 210 g/mol. The van der Waals surface area contributed by atoms with Crippen molar-refractivity contribution in [3.8, 4) is 0 Å². The normalized spacial score (nSPS) is 11.1. The summed E-state index contributed by atoms with van der Waals surface area (Å²) in [7, 11) is 0. The topological polar surface area (TPSA) is 0 Å². The Balaban J connectivity index is 0. The van der Waals surface area contributed by atoms with Gasteiger partial charge in [0, 0.05) is 0 Å². The van der Waals surface area contributed by atoms with Crippen LogP contribution in [0.3, 0.4) is 0 Å². The molecule has 9 heavy (non-hydrogen) atoms. The molecular formula is C8H13Ru. The van der Waals surface area contributed by atoms with Gasteiger partial charge in [-0.3, -0.25) is 6.08 Å². The Morgan fingerprint density at radius 2 is 1.89 bits per heavy atom. The van der Waals surface area contributed by atoms with E-state index >= 15 is 0 Å². The van der Waals surface area contributed by atoms with Gasteiger partial charge in [0.2, 0.25) is 0 Å².